The van der Waals surface area contributed by atoms with Gasteiger partial charge >= 0.3 is 0 Å². The second-order valence-electron chi connectivity index (χ2n) is 5.78. The normalized spacial score (nSPS) is 11.0. The minimum atomic E-state index is 0.0245. The molecule has 0 aliphatic heterocycles. The van der Waals surface area contributed by atoms with Gasteiger partial charge in [-0.15, -0.1) is 0 Å². The van der Waals surface area contributed by atoms with E-state index in [9.17, 15) is 4.79 Å². The maximum absolute atomic E-state index is 12.4. The van der Waals surface area contributed by atoms with Gasteiger partial charge in [0.25, 0.3) is 0 Å². The van der Waals surface area contributed by atoms with Gasteiger partial charge in [0.1, 0.15) is 5.75 Å². The van der Waals surface area contributed by atoms with Crippen molar-refractivity contribution in [3.8, 4) is 5.75 Å². The highest BCUT2D eigenvalue weighted by molar-refractivity contribution is 5.98. The lowest BCUT2D eigenvalue weighted by Crippen LogP contribution is -2.13. The molecule has 0 spiro atoms. The Labute approximate surface area is 126 Å². The third-order valence-corrected chi connectivity index (χ3v) is 3.66. The lowest BCUT2D eigenvalue weighted by atomic mass is 10.1. The molecule has 0 saturated heterocycles. The van der Waals surface area contributed by atoms with Crippen LogP contribution in [-0.2, 0) is 0 Å². The maximum Gasteiger partial charge on any atom is 0.202 e. The molecule has 0 radical (unpaired) electrons. The van der Waals surface area contributed by atoms with Gasteiger partial charge in [0, 0.05) is 23.0 Å². The number of hydrogen-bond donors (Lipinski definition) is 0. The van der Waals surface area contributed by atoms with E-state index in [2.05, 4.69) is 18.4 Å². The van der Waals surface area contributed by atoms with E-state index in [0.717, 1.165) is 28.3 Å². The van der Waals surface area contributed by atoms with E-state index in [1.54, 1.807) is 0 Å². The second kappa shape index (κ2) is 6.17. The standard InChI is InChI=1S/C18H23NO2/c1-12(2)19-14(4)10-17(15(19)5)18(20)11-21-16-8-6-7-13(3)9-16/h6-10,12H,11H2,1-5H3. The number of hydrogen-bond acceptors (Lipinski definition) is 2. The molecule has 1 aromatic carbocycles. The van der Waals surface area contributed by atoms with Gasteiger partial charge in [-0.25, -0.2) is 0 Å². The van der Waals surface area contributed by atoms with Crippen molar-refractivity contribution in [1.29, 1.82) is 0 Å². The predicted octanol–water partition coefficient (Wildman–Crippen LogP) is 4.26. The van der Waals surface area contributed by atoms with E-state index in [0.29, 0.717) is 6.04 Å². The molecule has 0 aliphatic rings. The topological polar surface area (TPSA) is 31.2 Å². The quantitative estimate of drug-likeness (QED) is 0.769. The number of rotatable bonds is 5. The fourth-order valence-electron chi connectivity index (χ4n) is 2.79. The number of carbonyl (C=O) groups excluding carboxylic acids is 1. The first kappa shape index (κ1) is 15.4. The van der Waals surface area contributed by atoms with E-state index in [1.807, 2.05) is 51.1 Å². The molecule has 0 amide bonds. The number of Topliss-reactive ketones (excluding diaryl/α,β-unsaturated/α-hetero) is 1. The molecule has 1 heterocycles. The Morgan fingerprint density at radius 1 is 1.19 bits per heavy atom. The van der Waals surface area contributed by atoms with Crippen LogP contribution in [0.15, 0.2) is 30.3 Å². The third-order valence-electron chi connectivity index (χ3n) is 3.66. The summed E-state index contributed by atoms with van der Waals surface area (Å²) in [6.07, 6.45) is 0. The molecule has 3 heteroatoms. The zero-order valence-corrected chi connectivity index (χ0v) is 13.4. The highest BCUT2D eigenvalue weighted by Crippen LogP contribution is 2.21. The fraction of sp³-hybridized carbons (Fsp3) is 0.389. The van der Waals surface area contributed by atoms with Gasteiger partial charge in [0.2, 0.25) is 5.78 Å². The Morgan fingerprint density at radius 2 is 1.90 bits per heavy atom. The average Bonchev–Trinajstić information content (AvgIpc) is 2.71. The van der Waals surface area contributed by atoms with E-state index in [-0.39, 0.29) is 12.4 Å². The molecule has 112 valence electrons. The fourth-order valence-corrected chi connectivity index (χ4v) is 2.79. The van der Waals surface area contributed by atoms with Crippen LogP contribution in [0.1, 0.15) is 47.2 Å². The zero-order valence-electron chi connectivity index (χ0n) is 13.4. The Balaban J connectivity index is 2.12. The van der Waals surface area contributed by atoms with Crippen molar-refractivity contribution in [2.75, 3.05) is 6.61 Å². The Kier molecular flexibility index (Phi) is 4.51. The molecule has 2 rings (SSSR count). The van der Waals surface area contributed by atoms with Gasteiger partial charge in [0.15, 0.2) is 6.61 Å². The van der Waals surface area contributed by atoms with Crippen molar-refractivity contribution in [3.63, 3.8) is 0 Å². The Hall–Kier alpha value is -2.03. The monoisotopic (exact) mass is 285 g/mol. The minimum Gasteiger partial charge on any atom is -0.485 e. The van der Waals surface area contributed by atoms with Crippen molar-refractivity contribution in [1.82, 2.24) is 4.57 Å². The molecule has 0 N–H and O–H groups in total. The van der Waals surface area contributed by atoms with Gasteiger partial charge < -0.3 is 9.30 Å². The van der Waals surface area contributed by atoms with Crippen molar-refractivity contribution in [2.24, 2.45) is 0 Å². The number of carbonyl (C=O) groups is 1. The number of nitrogens with zero attached hydrogens (tertiary/aromatic N) is 1. The van der Waals surface area contributed by atoms with Crippen LogP contribution in [0.25, 0.3) is 0 Å². The molecule has 21 heavy (non-hydrogen) atoms. The number of ether oxygens (including phenoxy) is 1. The number of aromatic nitrogens is 1. The Morgan fingerprint density at radius 3 is 2.48 bits per heavy atom. The van der Waals surface area contributed by atoms with Crippen molar-refractivity contribution < 1.29 is 9.53 Å². The van der Waals surface area contributed by atoms with Crippen LogP contribution >= 0.6 is 0 Å². The summed E-state index contributed by atoms with van der Waals surface area (Å²) in [5.41, 5.74) is 4.01. The number of ketones is 1. The van der Waals surface area contributed by atoms with Gasteiger partial charge in [-0.2, -0.15) is 0 Å². The van der Waals surface area contributed by atoms with Crippen LogP contribution < -0.4 is 4.74 Å². The van der Waals surface area contributed by atoms with E-state index >= 15 is 0 Å². The van der Waals surface area contributed by atoms with Gasteiger partial charge in [-0.3, -0.25) is 4.79 Å². The highest BCUT2D eigenvalue weighted by Gasteiger charge is 2.17. The molecule has 0 aliphatic carbocycles. The summed E-state index contributed by atoms with van der Waals surface area (Å²) in [6.45, 7) is 10.4. The van der Waals surface area contributed by atoms with Crippen LogP contribution in [0.2, 0.25) is 0 Å². The zero-order chi connectivity index (χ0) is 15.6. The van der Waals surface area contributed by atoms with Gasteiger partial charge in [-0.1, -0.05) is 12.1 Å². The van der Waals surface area contributed by atoms with Gasteiger partial charge in [-0.05, 0) is 58.4 Å². The van der Waals surface area contributed by atoms with Crippen LogP contribution in [-0.4, -0.2) is 17.0 Å². The van der Waals surface area contributed by atoms with E-state index in [4.69, 9.17) is 4.74 Å². The highest BCUT2D eigenvalue weighted by atomic mass is 16.5. The van der Waals surface area contributed by atoms with E-state index in [1.165, 1.54) is 0 Å². The molecular formula is C18H23NO2. The number of benzene rings is 1. The third kappa shape index (κ3) is 3.35. The van der Waals surface area contributed by atoms with Crippen LogP contribution in [0.4, 0.5) is 0 Å². The summed E-state index contributed by atoms with van der Waals surface area (Å²) in [6, 6.07) is 10.0. The molecule has 1 aromatic heterocycles. The second-order valence-corrected chi connectivity index (χ2v) is 5.78. The van der Waals surface area contributed by atoms with Crippen molar-refractivity contribution in [2.45, 2.75) is 40.7 Å². The van der Waals surface area contributed by atoms with Gasteiger partial charge in [0.05, 0.1) is 0 Å². The maximum atomic E-state index is 12.4. The molecule has 0 unspecified atom stereocenters. The van der Waals surface area contributed by atoms with Crippen molar-refractivity contribution >= 4 is 5.78 Å². The molecule has 0 fully saturated rings. The summed E-state index contributed by atoms with van der Waals surface area (Å²) in [7, 11) is 0. The molecular weight excluding hydrogens is 262 g/mol. The summed E-state index contributed by atoms with van der Waals surface area (Å²) in [4.78, 5) is 12.4. The first-order valence-electron chi connectivity index (χ1n) is 7.31. The largest absolute Gasteiger partial charge is 0.485 e. The minimum absolute atomic E-state index is 0.0245. The molecule has 3 nitrogen and oxygen atoms in total. The summed E-state index contributed by atoms with van der Waals surface area (Å²) < 4.78 is 7.79. The summed E-state index contributed by atoms with van der Waals surface area (Å²) >= 11 is 0. The van der Waals surface area contributed by atoms with Crippen molar-refractivity contribution in [3.05, 3.63) is 52.8 Å². The van der Waals surface area contributed by atoms with E-state index < -0.39 is 0 Å². The molecule has 0 saturated carbocycles. The molecule has 2 aromatic rings. The SMILES string of the molecule is Cc1cccc(OCC(=O)c2cc(C)n(C(C)C)c2C)c1. The Bertz CT molecular complexity index is 653. The lowest BCUT2D eigenvalue weighted by Gasteiger charge is -2.13. The summed E-state index contributed by atoms with van der Waals surface area (Å²) in [5.74, 6) is 0.762. The molecule has 0 bridgehead atoms. The first-order valence-corrected chi connectivity index (χ1v) is 7.31. The molecule has 0 atom stereocenters. The smallest absolute Gasteiger partial charge is 0.202 e. The average molecular weight is 285 g/mol. The number of aryl methyl sites for hydroxylation is 2. The first-order chi connectivity index (χ1) is 9.90. The van der Waals surface area contributed by atoms with Crippen LogP contribution in [0, 0.1) is 20.8 Å². The predicted molar refractivity (Wildman–Crippen MR) is 85.3 cm³/mol. The lowest BCUT2D eigenvalue weighted by molar-refractivity contribution is 0.0920. The van der Waals surface area contributed by atoms with Crippen LogP contribution in [0.3, 0.4) is 0 Å². The van der Waals surface area contributed by atoms with Crippen LogP contribution in [0.5, 0.6) is 5.75 Å². The summed E-state index contributed by atoms with van der Waals surface area (Å²) in [5, 5.41) is 0.